The lowest BCUT2D eigenvalue weighted by Gasteiger charge is -1.79. The van der Waals surface area contributed by atoms with Crippen molar-refractivity contribution in [1.29, 1.82) is 0 Å². The van der Waals surface area contributed by atoms with Crippen molar-refractivity contribution in [3.63, 3.8) is 0 Å². The number of hydrogen-bond acceptors (Lipinski definition) is 4. The van der Waals surface area contributed by atoms with Crippen molar-refractivity contribution in [2.24, 2.45) is 0 Å². The largest absolute Gasteiger partial charge is 0.382 e. The average molecular weight is 115 g/mol. The van der Waals surface area contributed by atoms with E-state index in [1.807, 2.05) is 0 Å². The zero-order valence-corrected chi connectivity index (χ0v) is 3.83. The van der Waals surface area contributed by atoms with Crippen LogP contribution in [0.4, 0.5) is 0 Å². The van der Waals surface area contributed by atoms with Gasteiger partial charge in [0.25, 0.3) is 5.78 Å². The van der Waals surface area contributed by atoms with E-state index in [1.54, 1.807) is 0 Å². The van der Waals surface area contributed by atoms with Crippen LogP contribution in [0.15, 0.2) is 0 Å². The Kier molecular flexibility index (Phi) is 2.64. The van der Waals surface area contributed by atoms with Crippen molar-refractivity contribution >= 4 is 17.9 Å². The molecular formula is C4H3O4. The minimum atomic E-state index is -1.24. The maximum Gasteiger partial charge on any atom is 0.263 e. The summed E-state index contributed by atoms with van der Waals surface area (Å²) in [7, 11) is 0. The molecule has 0 aromatic rings. The molecule has 0 amide bonds. The van der Waals surface area contributed by atoms with E-state index in [4.69, 9.17) is 5.11 Å². The van der Waals surface area contributed by atoms with Crippen molar-refractivity contribution in [3.8, 4) is 0 Å². The first kappa shape index (κ1) is 6.97. The molecule has 0 aromatic heterocycles. The SMILES string of the molecule is O=CC(=O)C(=O)[CH]O. The van der Waals surface area contributed by atoms with E-state index < -0.39 is 11.6 Å². The van der Waals surface area contributed by atoms with Crippen LogP contribution in [-0.4, -0.2) is 23.0 Å². The number of aliphatic hydroxyl groups excluding tert-OH is 1. The summed E-state index contributed by atoms with van der Waals surface area (Å²) in [4.78, 5) is 29.1. The Hall–Kier alpha value is -1.03. The zero-order valence-electron chi connectivity index (χ0n) is 3.83. The van der Waals surface area contributed by atoms with Crippen LogP contribution in [0.5, 0.6) is 0 Å². The Morgan fingerprint density at radius 1 is 1.25 bits per heavy atom. The minimum Gasteiger partial charge on any atom is -0.382 e. The summed E-state index contributed by atoms with van der Waals surface area (Å²) >= 11 is 0. The predicted octanol–water partition coefficient (Wildman–Crippen LogP) is -1.14. The molecule has 1 N–H and O–H groups in total. The van der Waals surface area contributed by atoms with E-state index >= 15 is 0 Å². The number of rotatable bonds is 3. The minimum absolute atomic E-state index is 0.0523. The topological polar surface area (TPSA) is 71.4 Å². The quantitative estimate of drug-likeness (QED) is 0.286. The maximum atomic E-state index is 9.86. The van der Waals surface area contributed by atoms with Crippen LogP contribution in [0.25, 0.3) is 0 Å². The lowest BCUT2D eigenvalue weighted by atomic mass is 10.3. The van der Waals surface area contributed by atoms with Crippen molar-refractivity contribution in [3.05, 3.63) is 6.61 Å². The molecule has 0 fully saturated rings. The van der Waals surface area contributed by atoms with Crippen molar-refractivity contribution < 1.29 is 19.5 Å². The fourth-order valence-electron chi connectivity index (χ4n) is 0.122. The summed E-state index contributed by atoms with van der Waals surface area (Å²) in [5, 5.41) is 7.78. The third-order valence-electron chi connectivity index (χ3n) is 0.467. The first-order valence-corrected chi connectivity index (χ1v) is 1.73. The maximum absolute atomic E-state index is 9.86. The van der Waals surface area contributed by atoms with Gasteiger partial charge in [0, 0.05) is 0 Å². The third kappa shape index (κ3) is 1.61. The Labute approximate surface area is 45.1 Å². The van der Waals surface area contributed by atoms with Gasteiger partial charge in [0.15, 0.2) is 12.9 Å². The van der Waals surface area contributed by atoms with E-state index in [2.05, 4.69) is 0 Å². The van der Waals surface area contributed by atoms with Crippen LogP contribution >= 0.6 is 0 Å². The Morgan fingerprint density at radius 2 is 1.75 bits per heavy atom. The molecule has 0 rings (SSSR count). The Balaban J connectivity index is 3.82. The molecule has 0 spiro atoms. The van der Waals surface area contributed by atoms with Crippen LogP contribution in [0, 0.1) is 6.61 Å². The summed E-state index contributed by atoms with van der Waals surface area (Å²) in [5.74, 6) is -2.44. The fourth-order valence-corrected chi connectivity index (χ4v) is 0.122. The molecule has 0 unspecified atom stereocenters. The molecule has 0 aliphatic heterocycles. The monoisotopic (exact) mass is 115 g/mol. The standard InChI is InChI=1S/C4H3O4/c5-1-3(7)4(8)2-6/h1-2,5H. The second-order valence-corrected chi connectivity index (χ2v) is 0.975. The molecule has 0 aromatic carbocycles. The highest BCUT2D eigenvalue weighted by Crippen LogP contribution is 1.73. The molecule has 0 saturated heterocycles. The van der Waals surface area contributed by atoms with E-state index in [9.17, 15) is 14.4 Å². The molecule has 0 atom stereocenters. The van der Waals surface area contributed by atoms with E-state index in [0.29, 0.717) is 0 Å². The van der Waals surface area contributed by atoms with E-state index in [-0.39, 0.29) is 12.9 Å². The number of ketones is 2. The molecule has 0 saturated carbocycles. The molecule has 4 nitrogen and oxygen atoms in total. The first-order valence-electron chi connectivity index (χ1n) is 1.73. The highest BCUT2D eigenvalue weighted by Gasteiger charge is 2.09. The summed E-state index contributed by atoms with van der Waals surface area (Å²) in [6, 6.07) is 0. The lowest BCUT2D eigenvalue weighted by Crippen LogP contribution is -2.14. The molecule has 0 bridgehead atoms. The number of aliphatic hydroxyl groups is 1. The van der Waals surface area contributed by atoms with E-state index in [0.717, 1.165) is 0 Å². The van der Waals surface area contributed by atoms with Gasteiger partial charge in [0.1, 0.15) is 0 Å². The van der Waals surface area contributed by atoms with Gasteiger partial charge in [-0.2, -0.15) is 0 Å². The smallest absolute Gasteiger partial charge is 0.263 e. The highest BCUT2D eigenvalue weighted by atomic mass is 16.3. The van der Waals surface area contributed by atoms with Crippen molar-refractivity contribution in [2.45, 2.75) is 0 Å². The summed E-state index contributed by atoms with van der Waals surface area (Å²) in [6.45, 7) is 0.0523. The van der Waals surface area contributed by atoms with Gasteiger partial charge in [-0.1, -0.05) is 0 Å². The molecule has 4 heteroatoms. The van der Waals surface area contributed by atoms with Gasteiger partial charge in [-0.3, -0.25) is 14.4 Å². The Morgan fingerprint density at radius 3 is 1.88 bits per heavy atom. The number of hydrogen-bond donors (Lipinski definition) is 1. The normalized spacial score (nSPS) is 8.12. The first-order chi connectivity index (χ1) is 3.72. The van der Waals surface area contributed by atoms with Crippen LogP contribution in [0.2, 0.25) is 0 Å². The Bertz CT molecular complexity index is 126. The van der Waals surface area contributed by atoms with Gasteiger partial charge < -0.3 is 5.11 Å². The van der Waals surface area contributed by atoms with Gasteiger partial charge in [-0.25, -0.2) is 0 Å². The second kappa shape index (κ2) is 3.04. The summed E-state index contributed by atoms with van der Waals surface area (Å²) < 4.78 is 0. The number of carbonyl (C=O) groups excluding carboxylic acids is 3. The van der Waals surface area contributed by atoms with Gasteiger partial charge in [0.2, 0.25) is 5.78 Å². The molecule has 0 heterocycles. The second-order valence-electron chi connectivity index (χ2n) is 0.975. The van der Waals surface area contributed by atoms with Crippen molar-refractivity contribution in [2.75, 3.05) is 0 Å². The molecule has 0 aliphatic rings. The highest BCUT2D eigenvalue weighted by molar-refractivity contribution is 6.59. The molecule has 0 aliphatic carbocycles. The molecule has 8 heavy (non-hydrogen) atoms. The lowest BCUT2D eigenvalue weighted by molar-refractivity contribution is -0.139. The molecule has 43 valence electrons. The van der Waals surface area contributed by atoms with Crippen molar-refractivity contribution in [1.82, 2.24) is 0 Å². The average Bonchev–Trinajstić information content (AvgIpc) is 1.84. The molecule has 1 radical (unpaired) electrons. The van der Waals surface area contributed by atoms with Gasteiger partial charge in [-0.15, -0.1) is 0 Å². The number of aldehydes is 1. The summed E-state index contributed by atoms with van der Waals surface area (Å²) in [6.07, 6.45) is -0.158. The van der Waals surface area contributed by atoms with Crippen LogP contribution in [-0.2, 0) is 14.4 Å². The zero-order chi connectivity index (χ0) is 6.57. The summed E-state index contributed by atoms with van der Waals surface area (Å²) in [5.41, 5.74) is 0. The van der Waals surface area contributed by atoms with Gasteiger partial charge in [0.05, 0.1) is 0 Å². The van der Waals surface area contributed by atoms with Crippen LogP contribution in [0.1, 0.15) is 0 Å². The van der Waals surface area contributed by atoms with E-state index in [1.165, 1.54) is 0 Å². The fraction of sp³-hybridized carbons (Fsp3) is 0. The number of carbonyl (C=O) groups is 3. The predicted molar refractivity (Wildman–Crippen MR) is 22.3 cm³/mol. The molecular weight excluding hydrogens is 112 g/mol. The van der Waals surface area contributed by atoms with Crippen LogP contribution in [0.3, 0.4) is 0 Å². The van der Waals surface area contributed by atoms with Gasteiger partial charge in [-0.05, 0) is 0 Å². The van der Waals surface area contributed by atoms with Gasteiger partial charge >= 0.3 is 0 Å². The number of Topliss-reactive ketones (excluding diaryl/α,β-unsaturated/α-hetero) is 2. The van der Waals surface area contributed by atoms with Crippen LogP contribution < -0.4 is 0 Å². The third-order valence-corrected chi connectivity index (χ3v) is 0.467.